The zero-order chi connectivity index (χ0) is 20.5. The largest absolute Gasteiger partial charge is 0.340 e. The van der Waals surface area contributed by atoms with Gasteiger partial charge in [0.2, 0.25) is 0 Å². The van der Waals surface area contributed by atoms with Crippen molar-refractivity contribution in [1.82, 2.24) is 9.97 Å². The molecule has 0 fully saturated rings. The quantitative estimate of drug-likeness (QED) is 0.429. The first-order valence-electron chi connectivity index (χ1n) is 10.3. The number of benzene rings is 2. The van der Waals surface area contributed by atoms with Gasteiger partial charge in [0.25, 0.3) is 0 Å². The van der Waals surface area contributed by atoms with Gasteiger partial charge >= 0.3 is 0 Å². The van der Waals surface area contributed by atoms with Crippen LogP contribution in [0.1, 0.15) is 23.1 Å². The molecule has 0 saturated heterocycles. The molecule has 1 aliphatic rings. The molecule has 1 aliphatic carbocycles. The van der Waals surface area contributed by atoms with Crippen molar-refractivity contribution < 1.29 is 4.39 Å². The van der Waals surface area contributed by atoms with Crippen molar-refractivity contribution in [3.63, 3.8) is 0 Å². The van der Waals surface area contributed by atoms with Crippen molar-refractivity contribution in [3.8, 4) is 22.5 Å². The van der Waals surface area contributed by atoms with Crippen molar-refractivity contribution in [2.45, 2.75) is 26.2 Å². The van der Waals surface area contributed by atoms with E-state index in [4.69, 9.17) is 4.98 Å². The predicted molar refractivity (Wildman–Crippen MR) is 119 cm³/mol. The molecular formula is C26H22FN3. The van der Waals surface area contributed by atoms with Gasteiger partial charge in [0.15, 0.2) is 0 Å². The number of aryl methyl sites for hydroxylation is 1. The number of anilines is 2. The molecule has 4 heteroatoms. The van der Waals surface area contributed by atoms with Crippen LogP contribution in [0, 0.1) is 12.7 Å². The van der Waals surface area contributed by atoms with Gasteiger partial charge in [-0.05, 0) is 79.3 Å². The van der Waals surface area contributed by atoms with Gasteiger partial charge in [-0.1, -0.05) is 35.9 Å². The Hall–Kier alpha value is -3.53. The minimum absolute atomic E-state index is 0.254. The Balaban J connectivity index is 1.73. The van der Waals surface area contributed by atoms with Crippen molar-refractivity contribution in [2.24, 2.45) is 0 Å². The molecule has 0 radical (unpaired) electrons. The average molecular weight is 395 g/mol. The number of rotatable bonds is 4. The summed E-state index contributed by atoms with van der Waals surface area (Å²) in [5, 5.41) is 3.45. The number of pyridine rings is 2. The lowest BCUT2D eigenvalue weighted by Gasteiger charge is -2.19. The van der Waals surface area contributed by atoms with E-state index in [2.05, 4.69) is 41.5 Å². The number of hydrogen-bond acceptors (Lipinski definition) is 3. The second-order valence-corrected chi connectivity index (χ2v) is 7.71. The van der Waals surface area contributed by atoms with Crippen LogP contribution in [0.25, 0.3) is 22.5 Å². The molecule has 4 aromatic rings. The number of nitrogens with one attached hydrogen (secondary N) is 1. The van der Waals surface area contributed by atoms with Crippen molar-refractivity contribution in [1.29, 1.82) is 0 Å². The average Bonchev–Trinajstić information content (AvgIpc) is 3.26. The lowest BCUT2D eigenvalue weighted by atomic mass is 9.95. The third kappa shape index (κ3) is 3.45. The van der Waals surface area contributed by atoms with Gasteiger partial charge in [0, 0.05) is 17.4 Å². The number of hydrogen-bond donors (Lipinski definition) is 1. The first-order valence-corrected chi connectivity index (χ1v) is 10.3. The Labute approximate surface area is 175 Å². The van der Waals surface area contributed by atoms with E-state index in [9.17, 15) is 4.39 Å². The smallest absolute Gasteiger partial charge is 0.139 e. The Bertz CT molecular complexity index is 1180. The molecule has 5 rings (SSSR count). The first-order chi connectivity index (χ1) is 14.7. The van der Waals surface area contributed by atoms with E-state index in [-0.39, 0.29) is 5.82 Å². The Morgan fingerprint density at radius 2 is 1.63 bits per heavy atom. The van der Waals surface area contributed by atoms with Crippen LogP contribution in [0.3, 0.4) is 0 Å². The van der Waals surface area contributed by atoms with Gasteiger partial charge in [-0.2, -0.15) is 0 Å². The van der Waals surface area contributed by atoms with Crippen molar-refractivity contribution >= 4 is 11.5 Å². The third-order valence-electron chi connectivity index (χ3n) is 5.62. The summed E-state index contributed by atoms with van der Waals surface area (Å²) in [7, 11) is 0. The molecule has 0 saturated carbocycles. The summed E-state index contributed by atoms with van der Waals surface area (Å²) < 4.78 is 13.4. The van der Waals surface area contributed by atoms with Crippen LogP contribution in [0.2, 0.25) is 0 Å². The van der Waals surface area contributed by atoms with Gasteiger partial charge in [-0.15, -0.1) is 0 Å². The van der Waals surface area contributed by atoms with Crippen LogP contribution < -0.4 is 5.32 Å². The molecule has 0 atom stereocenters. The summed E-state index contributed by atoms with van der Waals surface area (Å²) in [6, 6.07) is 20.9. The monoisotopic (exact) mass is 395 g/mol. The zero-order valence-corrected chi connectivity index (χ0v) is 16.8. The van der Waals surface area contributed by atoms with E-state index in [1.54, 1.807) is 18.3 Å². The molecule has 2 aromatic heterocycles. The maximum absolute atomic E-state index is 13.4. The molecule has 3 nitrogen and oxygen atoms in total. The number of halogens is 1. The van der Waals surface area contributed by atoms with Crippen LogP contribution in [-0.4, -0.2) is 9.97 Å². The molecule has 2 aromatic carbocycles. The topological polar surface area (TPSA) is 37.8 Å². The molecule has 30 heavy (non-hydrogen) atoms. The molecule has 0 amide bonds. The molecule has 0 unspecified atom stereocenters. The van der Waals surface area contributed by atoms with Gasteiger partial charge in [0.1, 0.15) is 11.6 Å². The summed E-state index contributed by atoms with van der Waals surface area (Å²) >= 11 is 0. The highest BCUT2D eigenvalue weighted by molar-refractivity contribution is 5.85. The summed E-state index contributed by atoms with van der Waals surface area (Å²) in [6.07, 6.45) is 4.93. The second-order valence-electron chi connectivity index (χ2n) is 7.71. The van der Waals surface area contributed by atoms with E-state index in [1.807, 2.05) is 18.2 Å². The summed E-state index contributed by atoms with van der Waals surface area (Å²) in [6.45, 7) is 2.09. The fraction of sp³-hybridized carbons (Fsp3) is 0.154. The van der Waals surface area contributed by atoms with Gasteiger partial charge in [0.05, 0.1) is 11.4 Å². The second kappa shape index (κ2) is 7.71. The van der Waals surface area contributed by atoms with E-state index in [1.165, 1.54) is 28.8 Å². The van der Waals surface area contributed by atoms with Gasteiger partial charge in [-0.25, -0.2) is 9.37 Å². The summed E-state index contributed by atoms with van der Waals surface area (Å²) in [4.78, 5) is 9.62. The van der Waals surface area contributed by atoms with E-state index < -0.39 is 0 Å². The normalized spacial score (nSPS) is 12.6. The Morgan fingerprint density at radius 3 is 2.37 bits per heavy atom. The lowest BCUT2D eigenvalue weighted by Crippen LogP contribution is -2.04. The first kappa shape index (κ1) is 18.5. The highest BCUT2D eigenvalue weighted by Gasteiger charge is 2.25. The molecule has 1 N–H and O–H groups in total. The third-order valence-corrected chi connectivity index (χ3v) is 5.62. The van der Waals surface area contributed by atoms with Crippen LogP contribution in [0.4, 0.5) is 15.9 Å². The highest BCUT2D eigenvalue weighted by atomic mass is 19.1. The van der Waals surface area contributed by atoms with Gasteiger partial charge < -0.3 is 5.32 Å². The van der Waals surface area contributed by atoms with E-state index in [0.29, 0.717) is 0 Å². The zero-order valence-electron chi connectivity index (χ0n) is 16.8. The predicted octanol–water partition coefficient (Wildman–Crippen LogP) is 6.49. The molecule has 2 heterocycles. The Morgan fingerprint density at radius 1 is 0.867 bits per heavy atom. The van der Waals surface area contributed by atoms with Crippen LogP contribution in [-0.2, 0) is 12.8 Å². The van der Waals surface area contributed by atoms with E-state index >= 15 is 0 Å². The SMILES string of the molecule is Cc1ccc(-c2c(Nc3ccc(F)cc3)nc(-c3ccccn3)c3c2CCC3)cc1. The van der Waals surface area contributed by atoms with E-state index in [0.717, 1.165) is 53.3 Å². The number of nitrogens with zero attached hydrogens (tertiary/aromatic N) is 2. The van der Waals surface area contributed by atoms with Crippen molar-refractivity contribution in [2.75, 3.05) is 5.32 Å². The van der Waals surface area contributed by atoms with Crippen LogP contribution >= 0.6 is 0 Å². The minimum Gasteiger partial charge on any atom is -0.340 e. The molecule has 0 bridgehead atoms. The molecule has 0 spiro atoms. The maximum Gasteiger partial charge on any atom is 0.139 e. The number of aromatic nitrogens is 2. The minimum atomic E-state index is -0.254. The summed E-state index contributed by atoms with van der Waals surface area (Å²) in [5.41, 5.74) is 8.74. The highest BCUT2D eigenvalue weighted by Crippen LogP contribution is 2.42. The fourth-order valence-electron chi connectivity index (χ4n) is 4.17. The lowest BCUT2D eigenvalue weighted by molar-refractivity contribution is 0.628. The van der Waals surface area contributed by atoms with Crippen LogP contribution in [0.15, 0.2) is 72.9 Å². The maximum atomic E-state index is 13.4. The fourth-order valence-corrected chi connectivity index (χ4v) is 4.17. The van der Waals surface area contributed by atoms with Crippen molar-refractivity contribution in [3.05, 3.63) is 95.4 Å². The van der Waals surface area contributed by atoms with Crippen LogP contribution in [0.5, 0.6) is 0 Å². The standard InChI is InChI=1S/C26H22FN3/c1-17-8-10-18(11-9-17)24-21-5-4-6-22(21)25(23-7-2-3-16-28-23)30-26(24)29-20-14-12-19(27)13-15-20/h2-3,7-16H,4-6H2,1H3,(H,29,30). The molecule has 148 valence electrons. The molecule has 0 aliphatic heterocycles. The Kier molecular flexibility index (Phi) is 4.75. The number of fused-ring (bicyclic) bond motifs is 1. The summed E-state index contributed by atoms with van der Waals surface area (Å²) in [5.74, 6) is 0.530. The van der Waals surface area contributed by atoms with Gasteiger partial charge in [-0.3, -0.25) is 4.98 Å². The molecular weight excluding hydrogens is 373 g/mol.